The zero-order chi connectivity index (χ0) is 3.58. The van der Waals surface area contributed by atoms with E-state index >= 15 is 0 Å². The molecule has 0 aliphatic rings. The molecule has 6 heteroatoms. The Morgan fingerprint density at radius 1 is 1.67 bits per heavy atom. The second-order valence-electron chi connectivity index (χ2n) is 0.238. The van der Waals surface area contributed by atoms with Crippen LogP contribution in [0.25, 0.3) is 0 Å². The molecule has 0 saturated heterocycles. The van der Waals surface area contributed by atoms with Crippen molar-refractivity contribution in [3.8, 4) is 0 Å². The van der Waals surface area contributed by atoms with Gasteiger partial charge in [0.1, 0.15) is 0 Å². The Bertz CT molecular complexity index is 33.8. The molecule has 0 saturated carbocycles. The van der Waals surface area contributed by atoms with Crippen LogP contribution in [-0.4, -0.2) is 10.3 Å². The van der Waals surface area contributed by atoms with E-state index in [1.165, 1.54) is 0 Å². The third-order valence-corrected chi connectivity index (χ3v) is 0. The van der Waals surface area contributed by atoms with E-state index in [1.807, 2.05) is 0 Å². The summed E-state index contributed by atoms with van der Waals surface area (Å²) in [5, 5.41) is 13.6. The standard InChI is InChI=1S/Co.Cu.HNO3/c;;2-1(3)4/h;;(H,2,3,4). The summed E-state index contributed by atoms with van der Waals surface area (Å²) in [5.74, 6) is 0. The van der Waals surface area contributed by atoms with Crippen LogP contribution >= 0.6 is 0 Å². The molecular weight excluding hydrogens is 184 g/mol. The molecule has 4 nitrogen and oxygen atoms in total. The summed E-state index contributed by atoms with van der Waals surface area (Å²) in [4.78, 5) is 8.36. The summed E-state index contributed by atoms with van der Waals surface area (Å²) in [6.07, 6.45) is 0. The van der Waals surface area contributed by atoms with Gasteiger partial charge in [0, 0.05) is 33.8 Å². The zero-order valence-corrected chi connectivity index (χ0v) is 4.33. The Kier molecular flexibility index (Phi) is 24.4. The summed E-state index contributed by atoms with van der Waals surface area (Å²) >= 11 is 0. The largest absolute Gasteiger partial charge is 0.328 e. The number of hydrogen-bond donors (Lipinski definition) is 1. The fourth-order valence-electron chi connectivity index (χ4n) is 0. The first-order chi connectivity index (χ1) is 1.73. The minimum Gasteiger partial charge on any atom is -0.328 e. The molecule has 0 rings (SSSR count). The van der Waals surface area contributed by atoms with Gasteiger partial charge in [-0.2, -0.15) is 0 Å². The van der Waals surface area contributed by atoms with Crippen LogP contribution in [0.1, 0.15) is 0 Å². The van der Waals surface area contributed by atoms with Gasteiger partial charge in [0.2, 0.25) is 0 Å². The van der Waals surface area contributed by atoms with Gasteiger partial charge in [0.15, 0.2) is 0 Å². The van der Waals surface area contributed by atoms with E-state index in [0.717, 1.165) is 0 Å². The van der Waals surface area contributed by atoms with Crippen LogP contribution in [0, 0.1) is 10.1 Å². The van der Waals surface area contributed by atoms with Crippen LogP contribution in [0.15, 0.2) is 0 Å². The smallest absolute Gasteiger partial charge is 0.291 e. The monoisotopic (exact) mass is 185 g/mol. The molecule has 0 spiro atoms. The Morgan fingerprint density at radius 2 is 1.67 bits per heavy atom. The van der Waals surface area contributed by atoms with Crippen molar-refractivity contribution in [1.29, 1.82) is 0 Å². The average Bonchev–Trinajstić information content (AvgIpc) is 0.811. The first kappa shape index (κ1) is 16.3. The summed E-state index contributed by atoms with van der Waals surface area (Å²) in [6, 6.07) is 0. The Hall–Kier alpha value is 0.226. The summed E-state index contributed by atoms with van der Waals surface area (Å²) in [6.45, 7) is 0. The second kappa shape index (κ2) is 8.97. The van der Waals surface area contributed by atoms with E-state index < -0.39 is 5.09 Å². The van der Waals surface area contributed by atoms with E-state index in [-0.39, 0.29) is 33.8 Å². The molecule has 0 aromatic heterocycles. The number of nitrogens with zero attached hydrogens (tertiary/aromatic N) is 1. The Labute approximate surface area is 54.7 Å². The van der Waals surface area contributed by atoms with Gasteiger partial charge in [0.25, 0.3) is 5.09 Å². The molecule has 0 unspecified atom stereocenters. The summed E-state index contributed by atoms with van der Waals surface area (Å²) < 4.78 is 0. The van der Waals surface area contributed by atoms with E-state index in [9.17, 15) is 0 Å². The normalized spacial score (nSPS) is 4.00. The minimum atomic E-state index is -1.50. The second-order valence-corrected chi connectivity index (χ2v) is 0.238. The molecule has 6 heavy (non-hydrogen) atoms. The van der Waals surface area contributed by atoms with Crippen LogP contribution in [0.2, 0.25) is 0 Å². The molecule has 0 heterocycles. The van der Waals surface area contributed by atoms with Crippen molar-refractivity contribution in [2.75, 3.05) is 0 Å². The summed E-state index contributed by atoms with van der Waals surface area (Å²) in [5.41, 5.74) is 0. The van der Waals surface area contributed by atoms with Gasteiger partial charge in [-0.15, -0.1) is 10.1 Å². The van der Waals surface area contributed by atoms with Crippen LogP contribution in [0.3, 0.4) is 0 Å². The van der Waals surface area contributed by atoms with Crippen molar-refractivity contribution in [2.45, 2.75) is 0 Å². The predicted octanol–water partition coefficient (Wildman–Crippen LogP) is -0.353. The van der Waals surface area contributed by atoms with Crippen LogP contribution in [0.5, 0.6) is 0 Å². The first-order valence-corrected chi connectivity index (χ1v) is 0.565. The van der Waals surface area contributed by atoms with Crippen molar-refractivity contribution < 1.29 is 44.1 Å². The van der Waals surface area contributed by atoms with Crippen molar-refractivity contribution in [3.63, 3.8) is 0 Å². The quantitative estimate of drug-likeness (QED) is 0.319. The van der Waals surface area contributed by atoms with E-state index in [4.69, 9.17) is 15.3 Å². The maximum atomic E-state index is 8.36. The fraction of sp³-hybridized carbons (Fsp3) is 0. The van der Waals surface area contributed by atoms with Gasteiger partial charge in [0.05, 0.1) is 0 Å². The van der Waals surface area contributed by atoms with Crippen molar-refractivity contribution >= 4 is 0 Å². The fourth-order valence-corrected chi connectivity index (χ4v) is 0. The third kappa shape index (κ3) is 861. The molecule has 2 radical (unpaired) electrons. The van der Waals surface area contributed by atoms with Crippen LogP contribution in [-0.2, 0) is 33.8 Å². The Balaban J connectivity index is -0.0000000450. The van der Waals surface area contributed by atoms with E-state index in [2.05, 4.69) is 0 Å². The van der Waals surface area contributed by atoms with E-state index in [0.29, 0.717) is 0 Å². The predicted molar refractivity (Wildman–Crippen MR) is 8.78 cm³/mol. The van der Waals surface area contributed by atoms with Crippen LogP contribution in [0.4, 0.5) is 0 Å². The van der Waals surface area contributed by atoms with Crippen molar-refractivity contribution in [1.82, 2.24) is 0 Å². The van der Waals surface area contributed by atoms with Crippen molar-refractivity contribution in [2.24, 2.45) is 0 Å². The van der Waals surface area contributed by atoms with Gasteiger partial charge >= 0.3 is 0 Å². The zero-order valence-electron chi connectivity index (χ0n) is 2.35. The molecule has 0 fully saturated rings. The van der Waals surface area contributed by atoms with Gasteiger partial charge in [-0.25, -0.2) is 0 Å². The topological polar surface area (TPSA) is 63.4 Å². The number of hydrogen-bond acceptors (Lipinski definition) is 2. The molecule has 0 bridgehead atoms. The van der Waals surface area contributed by atoms with E-state index in [1.54, 1.807) is 0 Å². The number of rotatable bonds is 0. The maximum absolute atomic E-state index is 8.36. The minimum absolute atomic E-state index is 0. The average molecular weight is 185 g/mol. The molecule has 44 valence electrons. The molecule has 0 aliphatic carbocycles. The third-order valence-electron chi connectivity index (χ3n) is 0. The molecule has 0 amide bonds. The SMILES string of the molecule is O=[N+]([O-])O.[Co].[Cu]. The summed E-state index contributed by atoms with van der Waals surface area (Å²) in [7, 11) is 0. The van der Waals surface area contributed by atoms with Crippen molar-refractivity contribution in [3.05, 3.63) is 10.1 Å². The molecule has 0 atom stereocenters. The van der Waals surface area contributed by atoms with Gasteiger partial charge in [-0.1, -0.05) is 0 Å². The van der Waals surface area contributed by atoms with Gasteiger partial charge < -0.3 is 5.21 Å². The molecule has 0 aromatic rings. The van der Waals surface area contributed by atoms with Gasteiger partial charge in [-0.3, -0.25) is 0 Å². The first-order valence-electron chi connectivity index (χ1n) is 0.565. The Morgan fingerprint density at radius 3 is 1.67 bits per heavy atom. The van der Waals surface area contributed by atoms with Gasteiger partial charge in [-0.05, 0) is 0 Å². The molecule has 0 aliphatic heterocycles. The molecular formula is HCoCuNO3. The van der Waals surface area contributed by atoms with Crippen LogP contribution < -0.4 is 0 Å². The molecule has 0 aromatic carbocycles. The maximum Gasteiger partial charge on any atom is 0.291 e. The molecule has 1 N–H and O–H groups in total.